The van der Waals surface area contributed by atoms with Crippen molar-refractivity contribution in [3.63, 3.8) is 0 Å². The Labute approximate surface area is 156 Å². The van der Waals surface area contributed by atoms with Crippen LogP contribution in [0.15, 0.2) is 18.2 Å². The lowest BCUT2D eigenvalue weighted by atomic mass is 9.86. The second kappa shape index (κ2) is 8.41. The number of piperazine rings is 1. The first-order valence-electron chi connectivity index (χ1n) is 9.67. The number of carbonyl (C=O) groups is 1. The molecular formula is C20H31ClN3O+. The second-order valence-electron chi connectivity index (χ2n) is 7.78. The Kier molecular flexibility index (Phi) is 6.24. The van der Waals surface area contributed by atoms with Crippen molar-refractivity contribution in [2.75, 3.05) is 37.6 Å². The Morgan fingerprint density at radius 1 is 1.28 bits per heavy atom. The highest BCUT2D eigenvalue weighted by Gasteiger charge is 2.26. The van der Waals surface area contributed by atoms with Crippen molar-refractivity contribution in [2.24, 2.45) is 5.92 Å². The number of amides is 1. The standard InChI is InChI=1S/C20H30ClN3O/c1-15-5-3-4-6-18(15)22-20(25)14-23-9-11-24(12-10-23)19-13-17(21)8-7-16(19)2/h7-8,13,15,18H,3-6,9-12,14H2,1-2H3,(H,22,25)/p+1/t15-,18+/m0/s1. The summed E-state index contributed by atoms with van der Waals surface area (Å²) in [4.78, 5) is 16.2. The van der Waals surface area contributed by atoms with Gasteiger partial charge in [0.25, 0.3) is 5.91 Å². The molecule has 138 valence electrons. The summed E-state index contributed by atoms with van der Waals surface area (Å²) >= 11 is 6.15. The monoisotopic (exact) mass is 364 g/mol. The van der Waals surface area contributed by atoms with Crippen molar-refractivity contribution in [3.8, 4) is 0 Å². The van der Waals surface area contributed by atoms with Gasteiger partial charge in [-0.25, -0.2) is 0 Å². The minimum absolute atomic E-state index is 0.223. The van der Waals surface area contributed by atoms with E-state index in [1.807, 2.05) is 6.07 Å². The van der Waals surface area contributed by atoms with E-state index in [-0.39, 0.29) is 5.91 Å². The predicted molar refractivity (Wildman–Crippen MR) is 104 cm³/mol. The fourth-order valence-electron chi connectivity index (χ4n) is 4.18. The van der Waals surface area contributed by atoms with Crippen LogP contribution in [0.3, 0.4) is 0 Å². The van der Waals surface area contributed by atoms with E-state index in [0.29, 0.717) is 18.5 Å². The van der Waals surface area contributed by atoms with Gasteiger partial charge < -0.3 is 15.1 Å². The zero-order valence-electron chi connectivity index (χ0n) is 15.5. The normalized spacial score (nSPS) is 25.0. The molecule has 0 aromatic heterocycles. The van der Waals surface area contributed by atoms with Gasteiger partial charge in [0.05, 0.1) is 26.2 Å². The number of halogens is 1. The third kappa shape index (κ3) is 4.89. The van der Waals surface area contributed by atoms with E-state index in [1.165, 1.54) is 35.4 Å². The van der Waals surface area contributed by atoms with Crippen LogP contribution >= 0.6 is 11.6 Å². The summed E-state index contributed by atoms with van der Waals surface area (Å²) in [5.74, 6) is 0.844. The highest BCUT2D eigenvalue weighted by molar-refractivity contribution is 6.30. The third-order valence-corrected chi connectivity index (χ3v) is 6.09. The Hall–Kier alpha value is -1.26. The van der Waals surface area contributed by atoms with Gasteiger partial charge in [0.1, 0.15) is 0 Å². The number of aryl methyl sites for hydroxylation is 1. The van der Waals surface area contributed by atoms with Gasteiger partial charge >= 0.3 is 0 Å². The summed E-state index contributed by atoms with van der Waals surface area (Å²) in [6, 6.07) is 6.46. The van der Waals surface area contributed by atoms with Crippen molar-refractivity contribution < 1.29 is 9.69 Å². The molecule has 25 heavy (non-hydrogen) atoms. The molecular weight excluding hydrogens is 334 g/mol. The number of hydrogen-bond donors (Lipinski definition) is 2. The van der Waals surface area contributed by atoms with E-state index in [9.17, 15) is 4.79 Å². The number of rotatable bonds is 4. The van der Waals surface area contributed by atoms with Crippen molar-refractivity contribution in [2.45, 2.75) is 45.6 Å². The molecule has 1 saturated carbocycles. The van der Waals surface area contributed by atoms with Crippen molar-refractivity contribution in [1.29, 1.82) is 0 Å². The Morgan fingerprint density at radius 3 is 2.72 bits per heavy atom. The predicted octanol–water partition coefficient (Wildman–Crippen LogP) is 2.05. The summed E-state index contributed by atoms with van der Waals surface area (Å²) < 4.78 is 0. The first kappa shape index (κ1) is 18.5. The molecule has 2 fully saturated rings. The lowest BCUT2D eigenvalue weighted by molar-refractivity contribution is -0.892. The van der Waals surface area contributed by atoms with Gasteiger partial charge in [0.2, 0.25) is 0 Å². The van der Waals surface area contributed by atoms with Crippen molar-refractivity contribution >= 4 is 23.2 Å². The lowest BCUT2D eigenvalue weighted by Crippen LogP contribution is -3.16. The molecule has 5 heteroatoms. The van der Waals surface area contributed by atoms with E-state index in [4.69, 9.17) is 11.6 Å². The summed E-state index contributed by atoms with van der Waals surface area (Å²) in [6.45, 7) is 8.95. The van der Waals surface area contributed by atoms with Gasteiger partial charge in [-0.2, -0.15) is 0 Å². The number of quaternary nitrogens is 1. The number of nitrogens with zero attached hydrogens (tertiary/aromatic N) is 1. The molecule has 1 aromatic carbocycles. The molecule has 1 aliphatic carbocycles. The van der Waals surface area contributed by atoms with Gasteiger partial charge in [-0.15, -0.1) is 0 Å². The van der Waals surface area contributed by atoms with Crippen LogP contribution in [0.4, 0.5) is 5.69 Å². The molecule has 0 radical (unpaired) electrons. The maximum atomic E-state index is 12.4. The molecule has 1 amide bonds. The van der Waals surface area contributed by atoms with Gasteiger partial charge in [-0.1, -0.05) is 37.4 Å². The zero-order chi connectivity index (χ0) is 17.8. The fraction of sp³-hybridized carbons (Fsp3) is 0.650. The maximum absolute atomic E-state index is 12.4. The number of hydrogen-bond acceptors (Lipinski definition) is 2. The van der Waals surface area contributed by atoms with Crippen LogP contribution in [-0.4, -0.2) is 44.7 Å². The summed E-state index contributed by atoms with van der Waals surface area (Å²) in [5.41, 5.74) is 2.49. The minimum atomic E-state index is 0.223. The average Bonchev–Trinajstić information content (AvgIpc) is 2.60. The highest BCUT2D eigenvalue weighted by Crippen LogP contribution is 2.24. The molecule has 4 nitrogen and oxygen atoms in total. The molecule has 0 unspecified atom stereocenters. The number of anilines is 1. The molecule has 1 aromatic rings. The van der Waals surface area contributed by atoms with Crippen LogP contribution in [0.25, 0.3) is 0 Å². The Bertz CT molecular complexity index is 599. The number of nitrogens with one attached hydrogen (secondary N) is 2. The van der Waals surface area contributed by atoms with E-state index < -0.39 is 0 Å². The molecule has 2 atom stereocenters. The largest absolute Gasteiger partial charge is 0.360 e. The summed E-state index contributed by atoms with van der Waals surface area (Å²) in [5, 5.41) is 4.07. The van der Waals surface area contributed by atoms with Crippen LogP contribution < -0.4 is 15.1 Å². The van der Waals surface area contributed by atoms with Gasteiger partial charge in [0.15, 0.2) is 6.54 Å². The van der Waals surface area contributed by atoms with Gasteiger partial charge in [-0.3, -0.25) is 4.79 Å². The molecule has 3 rings (SSSR count). The fourth-order valence-corrected chi connectivity index (χ4v) is 4.35. The molecule has 2 aliphatic rings. The van der Waals surface area contributed by atoms with Crippen LogP contribution in [0.5, 0.6) is 0 Å². The SMILES string of the molecule is Cc1ccc(Cl)cc1N1CC[NH+](CC(=O)N[C@@H]2CCCC[C@@H]2C)CC1. The van der Waals surface area contributed by atoms with Crippen molar-refractivity contribution in [3.05, 3.63) is 28.8 Å². The van der Waals surface area contributed by atoms with Crippen LogP contribution in [-0.2, 0) is 4.79 Å². The van der Waals surface area contributed by atoms with E-state index in [1.54, 1.807) is 0 Å². The molecule has 1 saturated heterocycles. The summed E-state index contributed by atoms with van der Waals surface area (Å²) in [7, 11) is 0. The quantitative estimate of drug-likeness (QED) is 0.858. The molecule has 1 aliphatic heterocycles. The summed E-state index contributed by atoms with van der Waals surface area (Å²) in [6.07, 6.45) is 4.95. The smallest absolute Gasteiger partial charge is 0.275 e. The molecule has 1 heterocycles. The van der Waals surface area contributed by atoms with Gasteiger partial charge in [0, 0.05) is 16.8 Å². The van der Waals surface area contributed by atoms with Crippen LogP contribution in [0.2, 0.25) is 5.02 Å². The van der Waals surface area contributed by atoms with Crippen LogP contribution in [0.1, 0.15) is 38.2 Å². The zero-order valence-corrected chi connectivity index (χ0v) is 16.2. The minimum Gasteiger partial charge on any atom is -0.360 e. The maximum Gasteiger partial charge on any atom is 0.275 e. The van der Waals surface area contributed by atoms with E-state index >= 15 is 0 Å². The topological polar surface area (TPSA) is 36.8 Å². The van der Waals surface area contributed by atoms with Crippen LogP contribution in [0, 0.1) is 12.8 Å². The number of benzene rings is 1. The molecule has 0 spiro atoms. The van der Waals surface area contributed by atoms with Gasteiger partial charge in [-0.05, 0) is 43.4 Å². The van der Waals surface area contributed by atoms with E-state index in [2.05, 4.69) is 36.2 Å². The highest BCUT2D eigenvalue weighted by atomic mass is 35.5. The number of carbonyl (C=O) groups excluding carboxylic acids is 1. The molecule has 0 bridgehead atoms. The average molecular weight is 365 g/mol. The Balaban J connectivity index is 1.47. The lowest BCUT2D eigenvalue weighted by Gasteiger charge is -2.35. The Morgan fingerprint density at radius 2 is 2.00 bits per heavy atom. The first-order valence-corrected chi connectivity index (χ1v) is 10.0. The first-order chi connectivity index (χ1) is 12.0. The third-order valence-electron chi connectivity index (χ3n) is 5.85. The molecule has 2 N–H and O–H groups in total. The second-order valence-corrected chi connectivity index (χ2v) is 8.22. The van der Waals surface area contributed by atoms with E-state index in [0.717, 1.165) is 37.6 Å². The van der Waals surface area contributed by atoms with Crippen molar-refractivity contribution in [1.82, 2.24) is 5.32 Å².